The summed E-state index contributed by atoms with van der Waals surface area (Å²) in [6.45, 7) is 0. The molecule has 21 heavy (non-hydrogen) atoms. The van der Waals surface area contributed by atoms with Gasteiger partial charge in [-0.3, -0.25) is 0 Å². The molecule has 0 fully saturated rings. The molecule has 2 aromatic carbocycles. The number of hydrogen-bond acceptors (Lipinski definition) is 1. The summed E-state index contributed by atoms with van der Waals surface area (Å²) in [4.78, 5) is 0. The fourth-order valence-corrected chi connectivity index (χ4v) is 2.18. The van der Waals surface area contributed by atoms with E-state index in [0.29, 0.717) is 24.0 Å². The average molecular weight is 297 g/mol. The largest absolute Gasteiger partial charge is 0.316 e. The highest BCUT2D eigenvalue weighted by Gasteiger charge is 2.13. The van der Waals surface area contributed by atoms with Crippen LogP contribution in [0.25, 0.3) is 0 Å². The lowest BCUT2D eigenvalue weighted by Crippen LogP contribution is -2.30. The zero-order valence-electron chi connectivity index (χ0n) is 11.5. The van der Waals surface area contributed by atoms with E-state index in [-0.39, 0.29) is 6.04 Å². The molecule has 2 rings (SSSR count). The third-order valence-electron chi connectivity index (χ3n) is 3.36. The van der Waals surface area contributed by atoms with Gasteiger partial charge in [0.1, 0.15) is 11.6 Å². The van der Waals surface area contributed by atoms with E-state index in [0.717, 1.165) is 18.2 Å². The quantitative estimate of drug-likeness (QED) is 0.831. The van der Waals surface area contributed by atoms with Gasteiger partial charge in [0.15, 0.2) is 11.6 Å². The minimum absolute atomic E-state index is 0.171. The van der Waals surface area contributed by atoms with Crippen molar-refractivity contribution in [1.29, 1.82) is 0 Å². The van der Waals surface area contributed by atoms with Crippen molar-refractivity contribution in [2.45, 2.75) is 18.9 Å². The third-order valence-corrected chi connectivity index (χ3v) is 3.36. The van der Waals surface area contributed by atoms with Gasteiger partial charge < -0.3 is 5.32 Å². The lowest BCUT2D eigenvalue weighted by molar-refractivity contribution is 0.500. The number of likely N-dealkylation sites (N-methyl/N-ethyl adjacent to an activating group) is 1. The van der Waals surface area contributed by atoms with Gasteiger partial charge >= 0.3 is 0 Å². The highest BCUT2D eigenvalue weighted by Crippen LogP contribution is 2.15. The van der Waals surface area contributed by atoms with Crippen LogP contribution in [-0.2, 0) is 12.8 Å². The molecule has 0 radical (unpaired) electrons. The second-order valence-electron chi connectivity index (χ2n) is 4.88. The Hall–Kier alpha value is -1.88. The second kappa shape index (κ2) is 6.72. The third kappa shape index (κ3) is 4.04. The van der Waals surface area contributed by atoms with Crippen LogP contribution in [0.15, 0.2) is 36.4 Å². The predicted molar refractivity (Wildman–Crippen MR) is 73.0 cm³/mol. The smallest absolute Gasteiger partial charge is 0.159 e. The van der Waals surface area contributed by atoms with Crippen LogP contribution in [0, 0.1) is 23.3 Å². The van der Waals surface area contributed by atoms with E-state index in [1.165, 1.54) is 18.2 Å². The molecule has 0 aliphatic carbocycles. The lowest BCUT2D eigenvalue weighted by Gasteiger charge is -2.17. The fourth-order valence-electron chi connectivity index (χ4n) is 2.18. The van der Waals surface area contributed by atoms with E-state index in [9.17, 15) is 17.6 Å². The number of rotatable bonds is 5. The van der Waals surface area contributed by atoms with Gasteiger partial charge in [-0.15, -0.1) is 0 Å². The molecule has 112 valence electrons. The number of benzene rings is 2. The van der Waals surface area contributed by atoms with Crippen LogP contribution in [0.3, 0.4) is 0 Å². The monoisotopic (exact) mass is 297 g/mol. The van der Waals surface area contributed by atoms with Crippen molar-refractivity contribution in [3.63, 3.8) is 0 Å². The Labute approximate surface area is 120 Å². The van der Waals surface area contributed by atoms with Crippen LogP contribution in [-0.4, -0.2) is 13.1 Å². The minimum Gasteiger partial charge on any atom is -0.316 e. The van der Waals surface area contributed by atoms with E-state index >= 15 is 0 Å². The summed E-state index contributed by atoms with van der Waals surface area (Å²) in [5.74, 6) is -3.04. The summed E-state index contributed by atoms with van der Waals surface area (Å²) in [6, 6.07) is 6.93. The Morgan fingerprint density at radius 3 is 2.24 bits per heavy atom. The van der Waals surface area contributed by atoms with Crippen LogP contribution in [0.2, 0.25) is 0 Å². The zero-order valence-corrected chi connectivity index (χ0v) is 11.5. The first-order valence-electron chi connectivity index (χ1n) is 6.54. The van der Waals surface area contributed by atoms with E-state index in [2.05, 4.69) is 5.32 Å². The molecule has 1 atom stereocenters. The number of nitrogens with one attached hydrogen (secondary N) is 1. The standard InChI is InChI=1S/C16H15F4N/c1-21-13(6-10-2-5-14(18)16(20)7-10)8-11-3-4-12(17)9-15(11)19/h2-5,7,9,13,21H,6,8H2,1H3. The first-order chi connectivity index (χ1) is 9.99. The summed E-state index contributed by atoms with van der Waals surface area (Å²) < 4.78 is 52.5. The fraction of sp³-hybridized carbons (Fsp3) is 0.250. The topological polar surface area (TPSA) is 12.0 Å². The van der Waals surface area contributed by atoms with Gasteiger partial charge in [-0.1, -0.05) is 12.1 Å². The van der Waals surface area contributed by atoms with Gasteiger partial charge in [-0.05, 0) is 49.2 Å². The molecule has 5 heteroatoms. The molecular weight excluding hydrogens is 282 g/mol. The Morgan fingerprint density at radius 2 is 1.62 bits per heavy atom. The number of hydrogen-bond donors (Lipinski definition) is 1. The van der Waals surface area contributed by atoms with Gasteiger partial charge in [-0.2, -0.15) is 0 Å². The molecule has 0 aromatic heterocycles. The second-order valence-corrected chi connectivity index (χ2v) is 4.88. The molecule has 0 saturated heterocycles. The summed E-state index contributed by atoms with van der Waals surface area (Å²) >= 11 is 0. The number of halogens is 4. The van der Waals surface area contributed by atoms with E-state index in [1.54, 1.807) is 7.05 Å². The molecule has 0 aliphatic heterocycles. The zero-order chi connectivity index (χ0) is 15.4. The van der Waals surface area contributed by atoms with Crippen molar-refractivity contribution >= 4 is 0 Å². The maximum absolute atomic E-state index is 13.6. The normalized spacial score (nSPS) is 12.4. The maximum atomic E-state index is 13.6. The molecule has 0 spiro atoms. The molecule has 2 aromatic rings. The van der Waals surface area contributed by atoms with Crippen LogP contribution in [0.1, 0.15) is 11.1 Å². The Kier molecular flexibility index (Phi) is 4.96. The van der Waals surface area contributed by atoms with Crippen LogP contribution in [0.5, 0.6) is 0 Å². The minimum atomic E-state index is -0.907. The summed E-state index contributed by atoms with van der Waals surface area (Å²) in [5.41, 5.74) is 0.981. The molecule has 0 saturated carbocycles. The average Bonchev–Trinajstić information content (AvgIpc) is 2.44. The first kappa shape index (κ1) is 15.5. The van der Waals surface area contributed by atoms with Gasteiger partial charge in [0.25, 0.3) is 0 Å². The highest BCUT2D eigenvalue weighted by atomic mass is 19.2. The summed E-state index contributed by atoms with van der Waals surface area (Å²) in [6.07, 6.45) is 0.728. The van der Waals surface area contributed by atoms with E-state index in [1.807, 2.05) is 0 Å². The molecule has 0 heterocycles. The molecule has 1 unspecified atom stereocenters. The van der Waals surface area contributed by atoms with Crippen molar-refractivity contribution in [2.24, 2.45) is 0 Å². The molecular formula is C16H15F4N. The lowest BCUT2D eigenvalue weighted by atomic mass is 9.98. The SMILES string of the molecule is CNC(Cc1ccc(F)c(F)c1)Cc1ccc(F)cc1F. The molecule has 1 nitrogen and oxygen atoms in total. The molecule has 0 amide bonds. The summed E-state index contributed by atoms with van der Waals surface area (Å²) in [5, 5.41) is 3.00. The van der Waals surface area contributed by atoms with Crippen molar-refractivity contribution < 1.29 is 17.6 Å². The van der Waals surface area contributed by atoms with Crippen LogP contribution >= 0.6 is 0 Å². The Bertz CT molecular complexity index is 628. The van der Waals surface area contributed by atoms with Gasteiger partial charge in [0, 0.05) is 12.1 Å². The summed E-state index contributed by atoms with van der Waals surface area (Å²) in [7, 11) is 1.70. The van der Waals surface area contributed by atoms with Gasteiger partial charge in [-0.25, -0.2) is 17.6 Å². The van der Waals surface area contributed by atoms with Crippen LogP contribution in [0.4, 0.5) is 17.6 Å². The van der Waals surface area contributed by atoms with E-state index in [4.69, 9.17) is 0 Å². The Balaban J connectivity index is 2.10. The van der Waals surface area contributed by atoms with Crippen molar-refractivity contribution in [3.8, 4) is 0 Å². The van der Waals surface area contributed by atoms with Gasteiger partial charge in [0.2, 0.25) is 0 Å². The highest BCUT2D eigenvalue weighted by molar-refractivity contribution is 5.22. The Morgan fingerprint density at radius 1 is 0.857 bits per heavy atom. The van der Waals surface area contributed by atoms with Crippen molar-refractivity contribution in [2.75, 3.05) is 7.05 Å². The van der Waals surface area contributed by atoms with Gasteiger partial charge in [0.05, 0.1) is 0 Å². The molecule has 0 bridgehead atoms. The predicted octanol–water partition coefficient (Wildman–Crippen LogP) is 3.62. The van der Waals surface area contributed by atoms with Crippen molar-refractivity contribution in [3.05, 3.63) is 70.8 Å². The molecule has 0 aliphatic rings. The maximum Gasteiger partial charge on any atom is 0.159 e. The van der Waals surface area contributed by atoms with Crippen LogP contribution < -0.4 is 5.32 Å². The first-order valence-corrected chi connectivity index (χ1v) is 6.54. The molecule has 1 N–H and O–H groups in total. The van der Waals surface area contributed by atoms with Crippen molar-refractivity contribution in [1.82, 2.24) is 5.32 Å². The van der Waals surface area contributed by atoms with E-state index < -0.39 is 23.3 Å².